The first-order chi connectivity index (χ1) is 11.0. The van der Waals surface area contributed by atoms with Gasteiger partial charge in [0.2, 0.25) is 5.91 Å². The molecule has 3 rings (SSSR count). The lowest BCUT2D eigenvalue weighted by molar-refractivity contribution is -0.119. The molecule has 0 aromatic heterocycles. The number of rotatable bonds is 3. The molecule has 0 radical (unpaired) electrons. The number of carbonyl (C=O) groups is 3. The van der Waals surface area contributed by atoms with Crippen LogP contribution in [0.15, 0.2) is 48.5 Å². The van der Waals surface area contributed by atoms with Gasteiger partial charge in [0, 0.05) is 9.26 Å². The fraction of sp³-hybridized carbons (Fsp3) is 0.118. The number of halogens is 1. The Morgan fingerprint density at radius 2 is 1.52 bits per heavy atom. The molecule has 1 aliphatic rings. The summed E-state index contributed by atoms with van der Waals surface area (Å²) in [4.78, 5) is 38.1. The van der Waals surface area contributed by atoms with E-state index in [1.807, 2.05) is 12.1 Å². The average Bonchev–Trinajstić information content (AvgIpc) is 2.81. The van der Waals surface area contributed by atoms with Crippen molar-refractivity contribution < 1.29 is 14.4 Å². The molecule has 2 aromatic rings. The molecule has 0 saturated heterocycles. The second kappa shape index (κ2) is 6.11. The zero-order valence-electron chi connectivity index (χ0n) is 12.2. The molecular formula is C17H13IN2O3. The summed E-state index contributed by atoms with van der Waals surface area (Å²) in [6.07, 6.45) is 0. The van der Waals surface area contributed by atoms with Crippen LogP contribution in [0.1, 0.15) is 27.6 Å². The smallest absolute Gasteiger partial charge is 0.262 e. The summed E-state index contributed by atoms with van der Waals surface area (Å²) in [7, 11) is 0. The summed E-state index contributed by atoms with van der Waals surface area (Å²) in [5, 5.41) is 2.73. The lowest BCUT2D eigenvalue weighted by Crippen LogP contribution is -2.45. The summed E-state index contributed by atoms with van der Waals surface area (Å²) in [5.41, 5.74) is 1.30. The number of hydrogen-bond acceptors (Lipinski definition) is 3. The molecule has 23 heavy (non-hydrogen) atoms. The van der Waals surface area contributed by atoms with Crippen molar-refractivity contribution in [2.75, 3.05) is 5.32 Å². The van der Waals surface area contributed by atoms with E-state index >= 15 is 0 Å². The van der Waals surface area contributed by atoms with Gasteiger partial charge in [-0.15, -0.1) is 0 Å². The van der Waals surface area contributed by atoms with Crippen molar-refractivity contribution in [3.05, 3.63) is 63.2 Å². The maximum Gasteiger partial charge on any atom is 0.262 e. The van der Waals surface area contributed by atoms with Crippen molar-refractivity contribution in [2.24, 2.45) is 0 Å². The molecule has 2 aromatic carbocycles. The van der Waals surface area contributed by atoms with Crippen molar-refractivity contribution in [1.29, 1.82) is 0 Å². The van der Waals surface area contributed by atoms with Gasteiger partial charge in [-0.2, -0.15) is 0 Å². The number of fused-ring (bicyclic) bond motifs is 1. The highest BCUT2D eigenvalue weighted by Gasteiger charge is 2.40. The molecule has 1 atom stereocenters. The van der Waals surface area contributed by atoms with Gasteiger partial charge in [0.05, 0.1) is 11.1 Å². The van der Waals surface area contributed by atoms with E-state index in [1.165, 1.54) is 0 Å². The second-order valence-corrected chi connectivity index (χ2v) is 6.44. The summed E-state index contributed by atoms with van der Waals surface area (Å²) in [5.74, 6) is -1.27. The molecule has 0 unspecified atom stereocenters. The Hall–Kier alpha value is -2.22. The van der Waals surface area contributed by atoms with E-state index in [1.54, 1.807) is 43.3 Å². The van der Waals surface area contributed by atoms with Gasteiger partial charge in [0.25, 0.3) is 11.8 Å². The lowest BCUT2D eigenvalue weighted by Gasteiger charge is -2.21. The van der Waals surface area contributed by atoms with Crippen molar-refractivity contribution >= 4 is 46.0 Å². The van der Waals surface area contributed by atoms with Crippen LogP contribution in [0.4, 0.5) is 5.69 Å². The molecule has 0 fully saturated rings. The van der Waals surface area contributed by atoms with Crippen LogP contribution < -0.4 is 5.32 Å². The number of anilines is 1. The topological polar surface area (TPSA) is 66.5 Å². The monoisotopic (exact) mass is 420 g/mol. The summed E-state index contributed by atoms with van der Waals surface area (Å²) < 4.78 is 1.05. The van der Waals surface area contributed by atoms with E-state index < -0.39 is 23.8 Å². The minimum Gasteiger partial charge on any atom is -0.324 e. The summed E-state index contributed by atoms with van der Waals surface area (Å²) in [6, 6.07) is 13.0. The first-order valence-electron chi connectivity index (χ1n) is 7.02. The van der Waals surface area contributed by atoms with Gasteiger partial charge < -0.3 is 5.32 Å². The predicted molar refractivity (Wildman–Crippen MR) is 94.2 cm³/mol. The van der Waals surface area contributed by atoms with Gasteiger partial charge in [0.1, 0.15) is 6.04 Å². The van der Waals surface area contributed by atoms with Crippen molar-refractivity contribution in [1.82, 2.24) is 4.90 Å². The second-order valence-electron chi connectivity index (χ2n) is 5.20. The fourth-order valence-electron chi connectivity index (χ4n) is 2.46. The highest BCUT2D eigenvalue weighted by molar-refractivity contribution is 14.1. The minimum absolute atomic E-state index is 0.339. The number of nitrogens with one attached hydrogen (secondary N) is 1. The van der Waals surface area contributed by atoms with Gasteiger partial charge in [-0.05, 0) is 65.9 Å². The molecule has 0 aliphatic carbocycles. The van der Waals surface area contributed by atoms with Crippen LogP contribution in [-0.2, 0) is 4.79 Å². The van der Waals surface area contributed by atoms with Crippen LogP contribution >= 0.6 is 22.6 Å². The van der Waals surface area contributed by atoms with Crippen LogP contribution in [0.25, 0.3) is 0 Å². The van der Waals surface area contributed by atoms with E-state index in [-0.39, 0.29) is 0 Å². The molecule has 1 heterocycles. The molecule has 1 N–H and O–H groups in total. The summed E-state index contributed by atoms with van der Waals surface area (Å²) >= 11 is 2.17. The standard InChI is InChI=1S/C17H13IN2O3/c1-10(15(21)19-12-8-6-11(18)7-9-12)20-16(22)13-4-2-3-5-14(13)17(20)23/h2-10H,1H3,(H,19,21)/t10-/m0/s1. The van der Waals surface area contributed by atoms with Gasteiger partial charge in [-0.1, -0.05) is 12.1 Å². The van der Waals surface area contributed by atoms with Crippen LogP contribution in [0.5, 0.6) is 0 Å². The third-order valence-electron chi connectivity index (χ3n) is 3.70. The first kappa shape index (κ1) is 15.7. The minimum atomic E-state index is -0.887. The number of nitrogens with zero attached hydrogens (tertiary/aromatic N) is 1. The molecule has 1 aliphatic heterocycles. The molecular weight excluding hydrogens is 407 g/mol. The first-order valence-corrected chi connectivity index (χ1v) is 8.10. The highest BCUT2D eigenvalue weighted by atomic mass is 127. The number of benzene rings is 2. The molecule has 0 bridgehead atoms. The van der Waals surface area contributed by atoms with Crippen LogP contribution in [0, 0.1) is 3.57 Å². The van der Waals surface area contributed by atoms with Crippen molar-refractivity contribution in [2.45, 2.75) is 13.0 Å². The predicted octanol–water partition coefficient (Wildman–Crippen LogP) is 2.91. The van der Waals surface area contributed by atoms with E-state index in [0.29, 0.717) is 16.8 Å². The number of hydrogen-bond donors (Lipinski definition) is 1. The Morgan fingerprint density at radius 3 is 2.04 bits per heavy atom. The Morgan fingerprint density at radius 1 is 1.00 bits per heavy atom. The number of imide groups is 1. The number of carbonyl (C=O) groups excluding carboxylic acids is 3. The highest BCUT2D eigenvalue weighted by Crippen LogP contribution is 2.25. The Labute approximate surface area is 146 Å². The van der Waals surface area contributed by atoms with Crippen molar-refractivity contribution in [3.8, 4) is 0 Å². The maximum atomic E-state index is 12.4. The quantitative estimate of drug-likeness (QED) is 0.614. The van der Waals surface area contributed by atoms with Crippen LogP contribution in [-0.4, -0.2) is 28.7 Å². The van der Waals surface area contributed by atoms with E-state index in [0.717, 1.165) is 8.47 Å². The van der Waals surface area contributed by atoms with Gasteiger partial charge >= 0.3 is 0 Å². The van der Waals surface area contributed by atoms with E-state index in [2.05, 4.69) is 27.9 Å². The lowest BCUT2D eigenvalue weighted by atomic mass is 10.1. The fourth-order valence-corrected chi connectivity index (χ4v) is 2.82. The normalized spacial score (nSPS) is 14.6. The van der Waals surface area contributed by atoms with Gasteiger partial charge in [-0.25, -0.2) is 0 Å². The Balaban J connectivity index is 1.79. The summed E-state index contributed by atoms with van der Waals surface area (Å²) in [6.45, 7) is 1.55. The molecule has 0 saturated carbocycles. The van der Waals surface area contributed by atoms with Crippen LogP contribution in [0.2, 0.25) is 0 Å². The third-order valence-corrected chi connectivity index (χ3v) is 4.42. The molecule has 6 heteroatoms. The van der Waals surface area contributed by atoms with Crippen molar-refractivity contribution in [3.63, 3.8) is 0 Å². The Bertz CT molecular complexity index is 767. The largest absolute Gasteiger partial charge is 0.324 e. The zero-order valence-corrected chi connectivity index (χ0v) is 14.4. The molecule has 3 amide bonds. The van der Waals surface area contributed by atoms with Gasteiger partial charge in [0.15, 0.2) is 0 Å². The Kier molecular flexibility index (Phi) is 4.16. The zero-order chi connectivity index (χ0) is 16.6. The maximum absolute atomic E-state index is 12.4. The molecule has 0 spiro atoms. The number of amides is 3. The molecule has 5 nitrogen and oxygen atoms in total. The van der Waals surface area contributed by atoms with Gasteiger partial charge in [-0.3, -0.25) is 19.3 Å². The SMILES string of the molecule is C[C@@H](C(=O)Nc1ccc(I)cc1)N1C(=O)c2ccccc2C1=O. The van der Waals surface area contributed by atoms with Crippen LogP contribution in [0.3, 0.4) is 0 Å². The van der Waals surface area contributed by atoms with E-state index in [9.17, 15) is 14.4 Å². The molecule has 116 valence electrons. The van der Waals surface area contributed by atoms with E-state index in [4.69, 9.17) is 0 Å². The third kappa shape index (κ3) is 2.86. The average molecular weight is 420 g/mol.